The zero-order valence-corrected chi connectivity index (χ0v) is 12.2. The summed E-state index contributed by atoms with van der Waals surface area (Å²) >= 11 is 5.76. The van der Waals surface area contributed by atoms with E-state index in [1.54, 1.807) is 18.2 Å². The maximum absolute atomic E-state index is 12.2. The first-order chi connectivity index (χ1) is 9.60. The van der Waals surface area contributed by atoms with Crippen LogP contribution < -0.4 is 10.6 Å². The quantitative estimate of drug-likeness (QED) is 0.902. The van der Waals surface area contributed by atoms with Gasteiger partial charge in [-0.3, -0.25) is 4.79 Å². The Kier molecular flexibility index (Phi) is 4.58. The number of rotatable bonds is 4. The second-order valence-electron chi connectivity index (χ2n) is 4.38. The van der Waals surface area contributed by atoms with Crippen LogP contribution in [0.25, 0.3) is 0 Å². The van der Waals surface area contributed by atoms with Gasteiger partial charge in [-0.05, 0) is 49.7 Å². The number of nitrogens with zero attached hydrogens (tertiary/aromatic N) is 1. The first kappa shape index (κ1) is 14.3. The van der Waals surface area contributed by atoms with E-state index >= 15 is 0 Å². The molecule has 1 heterocycles. The van der Waals surface area contributed by atoms with Gasteiger partial charge in [0, 0.05) is 24.0 Å². The number of aromatic nitrogens is 1. The van der Waals surface area contributed by atoms with Crippen LogP contribution in [0.3, 0.4) is 0 Å². The molecule has 4 nitrogen and oxygen atoms in total. The number of pyridine rings is 1. The van der Waals surface area contributed by atoms with Crippen LogP contribution in [0.5, 0.6) is 0 Å². The van der Waals surface area contributed by atoms with Crippen LogP contribution in [0, 0.1) is 6.92 Å². The van der Waals surface area contributed by atoms with E-state index in [-0.39, 0.29) is 5.91 Å². The number of hydrogen-bond acceptors (Lipinski definition) is 3. The summed E-state index contributed by atoms with van der Waals surface area (Å²) in [6.45, 7) is 4.78. The predicted molar refractivity (Wildman–Crippen MR) is 82.5 cm³/mol. The molecular weight excluding hydrogens is 274 g/mol. The third-order valence-corrected chi connectivity index (χ3v) is 3.04. The summed E-state index contributed by atoms with van der Waals surface area (Å²) in [5.41, 5.74) is 2.55. The van der Waals surface area contributed by atoms with Crippen molar-refractivity contribution in [2.75, 3.05) is 17.2 Å². The fourth-order valence-corrected chi connectivity index (χ4v) is 1.98. The molecule has 1 aromatic heterocycles. The summed E-state index contributed by atoms with van der Waals surface area (Å²) < 4.78 is 0. The molecule has 2 aromatic rings. The fraction of sp³-hybridized carbons (Fsp3) is 0.200. The summed E-state index contributed by atoms with van der Waals surface area (Å²) in [5.74, 6) is 0.301. The Hall–Kier alpha value is -2.07. The minimum atomic E-state index is -0.180. The molecule has 0 saturated heterocycles. The average Bonchev–Trinajstić information content (AvgIpc) is 2.42. The highest BCUT2D eigenvalue weighted by molar-refractivity contribution is 6.30. The molecule has 1 aromatic carbocycles. The molecule has 0 atom stereocenters. The molecule has 20 heavy (non-hydrogen) atoms. The molecule has 104 valence electrons. The van der Waals surface area contributed by atoms with Crippen molar-refractivity contribution in [1.29, 1.82) is 0 Å². The number of carbonyl (C=O) groups is 1. The van der Waals surface area contributed by atoms with E-state index in [0.29, 0.717) is 16.4 Å². The smallest absolute Gasteiger partial charge is 0.257 e. The van der Waals surface area contributed by atoms with Crippen molar-refractivity contribution in [1.82, 2.24) is 4.98 Å². The largest absolute Gasteiger partial charge is 0.385 e. The number of aryl methyl sites for hydroxylation is 1. The molecule has 2 N–H and O–H groups in total. The molecule has 5 heteroatoms. The Morgan fingerprint density at radius 1 is 1.30 bits per heavy atom. The Balaban J connectivity index is 2.14. The molecule has 0 aliphatic rings. The van der Waals surface area contributed by atoms with Crippen molar-refractivity contribution >= 4 is 29.0 Å². The highest BCUT2D eigenvalue weighted by Gasteiger charge is 2.10. The topological polar surface area (TPSA) is 54.0 Å². The summed E-state index contributed by atoms with van der Waals surface area (Å²) in [6, 6.07) is 9.00. The van der Waals surface area contributed by atoms with Crippen molar-refractivity contribution in [3.05, 3.63) is 52.7 Å². The SMILES string of the molecule is CCNc1ccc(C(=O)Nc2ccc(Cl)cn2)c(C)c1. The van der Waals surface area contributed by atoms with Gasteiger partial charge in [-0.2, -0.15) is 0 Å². The van der Waals surface area contributed by atoms with Gasteiger partial charge in [0.05, 0.1) is 5.02 Å². The lowest BCUT2D eigenvalue weighted by Crippen LogP contribution is -2.14. The highest BCUT2D eigenvalue weighted by Crippen LogP contribution is 2.17. The standard InChI is InChI=1S/C15H16ClN3O/c1-3-17-12-5-6-13(10(2)8-12)15(20)19-14-7-4-11(16)9-18-14/h4-9,17H,3H2,1-2H3,(H,18,19,20). The highest BCUT2D eigenvalue weighted by atomic mass is 35.5. The number of nitrogens with one attached hydrogen (secondary N) is 2. The van der Waals surface area contributed by atoms with E-state index < -0.39 is 0 Å². The molecular formula is C15H16ClN3O. The first-order valence-electron chi connectivity index (χ1n) is 6.37. The van der Waals surface area contributed by atoms with Gasteiger partial charge in [0.1, 0.15) is 5.82 Å². The summed E-state index contributed by atoms with van der Waals surface area (Å²) in [4.78, 5) is 16.2. The molecule has 0 radical (unpaired) electrons. The van der Waals surface area contributed by atoms with E-state index in [0.717, 1.165) is 17.8 Å². The first-order valence-corrected chi connectivity index (χ1v) is 6.75. The molecule has 0 unspecified atom stereocenters. The fourth-order valence-electron chi connectivity index (χ4n) is 1.87. The molecule has 0 fully saturated rings. The third-order valence-electron chi connectivity index (χ3n) is 2.82. The summed E-state index contributed by atoms with van der Waals surface area (Å²) in [7, 11) is 0. The normalized spacial score (nSPS) is 10.2. The average molecular weight is 290 g/mol. The molecule has 0 aliphatic carbocycles. The van der Waals surface area contributed by atoms with Crippen LogP contribution in [0.4, 0.5) is 11.5 Å². The van der Waals surface area contributed by atoms with Gasteiger partial charge in [0.2, 0.25) is 0 Å². The van der Waals surface area contributed by atoms with Gasteiger partial charge in [-0.1, -0.05) is 11.6 Å². The zero-order chi connectivity index (χ0) is 14.5. The van der Waals surface area contributed by atoms with Crippen molar-refractivity contribution in [2.45, 2.75) is 13.8 Å². The lowest BCUT2D eigenvalue weighted by Gasteiger charge is -2.09. The number of halogens is 1. The van der Waals surface area contributed by atoms with E-state index in [2.05, 4.69) is 15.6 Å². The van der Waals surface area contributed by atoms with Crippen molar-refractivity contribution in [3.63, 3.8) is 0 Å². The lowest BCUT2D eigenvalue weighted by molar-refractivity contribution is 0.102. The van der Waals surface area contributed by atoms with Crippen LogP contribution in [0.2, 0.25) is 5.02 Å². The molecule has 2 rings (SSSR count). The Bertz CT molecular complexity index is 611. The van der Waals surface area contributed by atoms with Crippen LogP contribution in [-0.2, 0) is 0 Å². The van der Waals surface area contributed by atoms with Gasteiger partial charge in [0.25, 0.3) is 5.91 Å². The number of carbonyl (C=O) groups excluding carboxylic acids is 1. The van der Waals surface area contributed by atoms with Gasteiger partial charge in [0.15, 0.2) is 0 Å². The van der Waals surface area contributed by atoms with Gasteiger partial charge >= 0.3 is 0 Å². The number of anilines is 2. The van der Waals surface area contributed by atoms with Crippen LogP contribution in [-0.4, -0.2) is 17.4 Å². The van der Waals surface area contributed by atoms with Crippen LogP contribution in [0.1, 0.15) is 22.8 Å². The number of benzene rings is 1. The van der Waals surface area contributed by atoms with Crippen LogP contribution in [0.15, 0.2) is 36.5 Å². The molecule has 1 amide bonds. The van der Waals surface area contributed by atoms with Crippen molar-refractivity contribution in [3.8, 4) is 0 Å². The van der Waals surface area contributed by atoms with E-state index in [4.69, 9.17) is 11.6 Å². The van der Waals surface area contributed by atoms with E-state index in [9.17, 15) is 4.79 Å². The summed E-state index contributed by atoms with van der Waals surface area (Å²) in [6.07, 6.45) is 1.50. The maximum atomic E-state index is 12.2. The molecule has 0 bridgehead atoms. The Morgan fingerprint density at radius 2 is 2.10 bits per heavy atom. The van der Waals surface area contributed by atoms with Crippen molar-refractivity contribution in [2.24, 2.45) is 0 Å². The predicted octanol–water partition coefficient (Wildman–Crippen LogP) is 3.73. The number of amides is 1. The lowest BCUT2D eigenvalue weighted by atomic mass is 10.1. The molecule has 0 spiro atoms. The van der Waals surface area contributed by atoms with Gasteiger partial charge < -0.3 is 10.6 Å². The Morgan fingerprint density at radius 3 is 2.70 bits per heavy atom. The Labute approximate surface area is 123 Å². The van der Waals surface area contributed by atoms with Crippen LogP contribution >= 0.6 is 11.6 Å². The number of hydrogen-bond donors (Lipinski definition) is 2. The second-order valence-corrected chi connectivity index (χ2v) is 4.81. The molecule has 0 saturated carbocycles. The zero-order valence-electron chi connectivity index (χ0n) is 11.4. The van der Waals surface area contributed by atoms with Gasteiger partial charge in [-0.15, -0.1) is 0 Å². The van der Waals surface area contributed by atoms with E-state index in [1.165, 1.54) is 6.20 Å². The monoisotopic (exact) mass is 289 g/mol. The minimum absolute atomic E-state index is 0.180. The van der Waals surface area contributed by atoms with E-state index in [1.807, 2.05) is 26.0 Å². The summed E-state index contributed by atoms with van der Waals surface area (Å²) in [5, 5.41) is 6.50. The minimum Gasteiger partial charge on any atom is -0.385 e. The third kappa shape index (κ3) is 3.48. The maximum Gasteiger partial charge on any atom is 0.257 e. The van der Waals surface area contributed by atoms with Crippen molar-refractivity contribution < 1.29 is 4.79 Å². The van der Waals surface area contributed by atoms with Gasteiger partial charge in [-0.25, -0.2) is 4.98 Å². The molecule has 0 aliphatic heterocycles. The second kappa shape index (κ2) is 6.39.